The molecule has 3 heterocycles. The first-order valence-electron chi connectivity index (χ1n) is 15.4. The van der Waals surface area contributed by atoms with E-state index in [0.29, 0.717) is 17.5 Å². The molecular formula is C41H26N4O. The molecule has 0 fully saturated rings. The van der Waals surface area contributed by atoms with Crippen molar-refractivity contribution in [1.82, 2.24) is 15.0 Å². The van der Waals surface area contributed by atoms with Gasteiger partial charge >= 0.3 is 0 Å². The van der Waals surface area contributed by atoms with Crippen molar-refractivity contribution in [2.75, 3.05) is 0 Å². The second kappa shape index (κ2) is 10.8. The molecule has 216 valence electrons. The fraction of sp³-hybridized carbons (Fsp3) is 0.0244. The topological polar surface area (TPSA) is 64.2 Å². The highest BCUT2D eigenvalue weighted by molar-refractivity contribution is 6.19. The standard InChI is InChI=1S/C41H26N4O/c1-3-11-26(12-4-1)27-21-23-29(24-22-27)40-43-39(28-13-5-2-6-14-28)44-41(45-40)33-18-10-20-36-37(33)32-17-9-16-31(38(32)46-36)35-25-30-15-7-8-19-34(30)42-35/h1-24H,25H2. The van der Waals surface area contributed by atoms with Crippen molar-refractivity contribution in [1.29, 1.82) is 0 Å². The van der Waals surface area contributed by atoms with Gasteiger partial charge in [-0.25, -0.2) is 15.0 Å². The number of furan rings is 1. The smallest absolute Gasteiger partial charge is 0.164 e. The molecular weight excluding hydrogens is 564 g/mol. The van der Waals surface area contributed by atoms with E-state index in [1.165, 1.54) is 11.1 Å². The summed E-state index contributed by atoms with van der Waals surface area (Å²) in [4.78, 5) is 20.0. The van der Waals surface area contributed by atoms with Crippen LogP contribution in [0, 0.1) is 0 Å². The summed E-state index contributed by atoms with van der Waals surface area (Å²) >= 11 is 0. The van der Waals surface area contributed by atoms with Crippen LogP contribution in [-0.4, -0.2) is 20.7 Å². The van der Waals surface area contributed by atoms with Crippen molar-refractivity contribution in [2.45, 2.75) is 6.42 Å². The Hall–Kier alpha value is -6.20. The lowest BCUT2D eigenvalue weighted by atomic mass is 10.00. The van der Waals surface area contributed by atoms with Gasteiger partial charge in [-0.2, -0.15) is 0 Å². The summed E-state index contributed by atoms with van der Waals surface area (Å²) in [6.45, 7) is 0. The quantitative estimate of drug-likeness (QED) is 0.200. The summed E-state index contributed by atoms with van der Waals surface area (Å²) in [6, 6.07) is 49.5. The normalized spacial score (nSPS) is 12.4. The van der Waals surface area contributed by atoms with Gasteiger partial charge in [-0.15, -0.1) is 0 Å². The Morgan fingerprint density at radius 1 is 0.457 bits per heavy atom. The van der Waals surface area contributed by atoms with Gasteiger partial charge in [0.2, 0.25) is 0 Å². The van der Waals surface area contributed by atoms with Crippen LogP contribution in [0.15, 0.2) is 155 Å². The lowest BCUT2D eigenvalue weighted by Crippen LogP contribution is -2.01. The number of rotatable bonds is 5. The zero-order valence-corrected chi connectivity index (χ0v) is 24.8. The van der Waals surface area contributed by atoms with Crippen LogP contribution < -0.4 is 0 Å². The minimum absolute atomic E-state index is 0.598. The van der Waals surface area contributed by atoms with Crippen LogP contribution >= 0.6 is 0 Å². The highest BCUT2D eigenvalue weighted by Gasteiger charge is 2.22. The molecule has 0 spiro atoms. The van der Waals surface area contributed by atoms with Crippen molar-refractivity contribution in [3.8, 4) is 45.3 Å². The Labute approximate surface area is 265 Å². The van der Waals surface area contributed by atoms with Gasteiger partial charge in [0.05, 0.1) is 11.4 Å². The van der Waals surface area contributed by atoms with Gasteiger partial charge in [0.15, 0.2) is 17.5 Å². The number of hydrogen-bond acceptors (Lipinski definition) is 5. The average molecular weight is 591 g/mol. The molecule has 2 aromatic heterocycles. The molecule has 46 heavy (non-hydrogen) atoms. The van der Waals surface area contributed by atoms with E-state index in [1.807, 2.05) is 54.6 Å². The van der Waals surface area contributed by atoms with Gasteiger partial charge in [-0.05, 0) is 34.9 Å². The van der Waals surface area contributed by atoms with E-state index in [-0.39, 0.29) is 0 Å². The van der Waals surface area contributed by atoms with Crippen molar-refractivity contribution in [2.24, 2.45) is 4.99 Å². The highest BCUT2D eigenvalue weighted by Crippen LogP contribution is 2.39. The monoisotopic (exact) mass is 590 g/mol. The van der Waals surface area contributed by atoms with E-state index in [1.54, 1.807) is 0 Å². The molecule has 0 aliphatic carbocycles. The fourth-order valence-electron chi connectivity index (χ4n) is 6.34. The molecule has 1 aliphatic heterocycles. The predicted octanol–water partition coefficient (Wildman–Crippen LogP) is 10.1. The molecule has 0 amide bonds. The summed E-state index contributed by atoms with van der Waals surface area (Å²) < 4.78 is 6.59. The summed E-state index contributed by atoms with van der Waals surface area (Å²) in [5, 5.41) is 1.99. The molecule has 1 aliphatic rings. The van der Waals surface area contributed by atoms with Gasteiger partial charge in [-0.1, -0.05) is 127 Å². The van der Waals surface area contributed by atoms with E-state index in [4.69, 9.17) is 24.4 Å². The molecule has 0 radical (unpaired) electrons. The van der Waals surface area contributed by atoms with Crippen LogP contribution in [0.3, 0.4) is 0 Å². The second-order valence-electron chi connectivity index (χ2n) is 11.4. The van der Waals surface area contributed by atoms with Gasteiger partial charge < -0.3 is 4.42 Å². The van der Waals surface area contributed by atoms with Crippen LogP contribution in [0.2, 0.25) is 0 Å². The first kappa shape index (κ1) is 26.2. The van der Waals surface area contributed by atoms with Crippen molar-refractivity contribution in [3.05, 3.63) is 157 Å². The Morgan fingerprint density at radius 2 is 1.04 bits per heavy atom. The largest absolute Gasteiger partial charge is 0.455 e. The van der Waals surface area contributed by atoms with Gasteiger partial charge in [0.1, 0.15) is 11.2 Å². The molecule has 0 saturated carbocycles. The lowest BCUT2D eigenvalue weighted by Gasteiger charge is -2.10. The number of fused-ring (bicyclic) bond motifs is 4. The molecule has 0 bridgehead atoms. The maximum atomic E-state index is 6.59. The van der Waals surface area contributed by atoms with Crippen molar-refractivity contribution >= 4 is 33.3 Å². The first-order chi connectivity index (χ1) is 22.8. The number of aliphatic imine (C=N–C) groups is 1. The van der Waals surface area contributed by atoms with Crippen LogP contribution in [0.4, 0.5) is 5.69 Å². The molecule has 6 aromatic carbocycles. The lowest BCUT2D eigenvalue weighted by molar-refractivity contribution is 0.668. The molecule has 9 rings (SSSR count). The summed E-state index contributed by atoms with van der Waals surface area (Å²) in [5.41, 5.74) is 10.9. The van der Waals surface area contributed by atoms with Crippen LogP contribution in [0.1, 0.15) is 11.1 Å². The average Bonchev–Trinajstić information content (AvgIpc) is 3.74. The second-order valence-corrected chi connectivity index (χ2v) is 11.4. The summed E-state index contributed by atoms with van der Waals surface area (Å²) in [7, 11) is 0. The van der Waals surface area contributed by atoms with Gasteiger partial charge in [0.25, 0.3) is 0 Å². The predicted molar refractivity (Wildman–Crippen MR) is 185 cm³/mol. The molecule has 0 N–H and O–H groups in total. The van der Waals surface area contributed by atoms with Crippen LogP contribution in [0.5, 0.6) is 0 Å². The van der Waals surface area contributed by atoms with Gasteiger partial charge in [0, 0.05) is 39.4 Å². The third-order valence-electron chi connectivity index (χ3n) is 8.60. The third kappa shape index (κ3) is 4.49. The Kier molecular flexibility index (Phi) is 6.13. The molecule has 8 aromatic rings. The maximum absolute atomic E-state index is 6.59. The van der Waals surface area contributed by atoms with Gasteiger partial charge in [-0.3, -0.25) is 4.99 Å². The molecule has 0 unspecified atom stereocenters. The Bertz CT molecular complexity index is 2430. The number of benzene rings is 6. The molecule has 5 nitrogen and oxygen atoms in total. The van der Waals surface area contributed by atoms with Crippen LogP contribution in [0.25, 0.3) is 67.2 Å². The number of hydrogen-bond donors (Lipinski definition) is 0. The Morgan fingerprint density at radius 3 is 1.80 bits per heavy atom. The van der Waals surface area contributed by atoms with E-state index in [2.05, 4.69) is 91.0 Å². The van der Waals surface area contributed by atoms with E-state index < -0.39 is 0 Å². The number of para-hydroxylation sites is 2. The van der Waals surface area contributed by atoms with E-state index >= 15 is 0 Å². The SMILES string of the molecule is c1ccc(-c2ccc(-c3nc(-c4ccccc4)nc(-c4cccc5oc6c(C7=Nc8ccccc8C7)cccc6c45)n3)cc2)cc1. The number of aromatic nitrogens is 3. The van der Waals surface area contributed by atoms with Crippen LogP contribution in [-0.2, 0) is 6.42 Å². The fourth-order valence-corrected chi connectivity index (χ4v) is 6.34. The zero-order chi connectivity index (χ0) is 30.5. The van der Waals surface area contributed by atoms with Crippen molar-refractivity contribution < 1.29 is 4.42 Å². The minimum atomic E-state index is 0.598. The van der Waals surface area contributed by atoms with Crippen molar-refractivity contribution in [3.63, 3.8) is 0 Å². The zero-order valence-electron chi connectivity index (χ0n) is 24.8. The number of nitrogens with zero attached hydrogens (tertiary/aromatic N) is 4. The Balaban J connectivity index is 1.21. The summed E-state index contributed by atoms with van der Waals surface area (Å²) in [5.74, 6) is 1.84. The van der Waals surface area contributed by atoms with E-state index in [9.17, 15) is 0 Å². The maximum Gasteiger partial charge on any atom is 0.164 e. The molecule has 5 heteroatoms. The highest BCUT2D eigenvalue weighted by atomic mass is 16.3. The minimum Gasteiger partial charge on any atom is -0.455 e. The molecule has 0 atom stereocenters. The summed E-state index contributed by atoms with van der Waals surface area (Å²) in [6.07, 6.45) is 0.777. The first-order valence-corrected chi connectivity index (χ1v) is 15.4. The van der Waals surface area contributed by atoms with E-state index in [0.717, 1.165) is 67.6 Å². The molecule has 0 saturated heterocycles. The third-order valence-corrected chi connectivity index (χ3v) is 8.60.